The maximum absolute atomic E-state index is 4.42. The van der Waals surface area contributed by atoms with Gasteiger partial charge >= 0.3 is 0 Å². The largest absolute Gasteiger partial charge is 0.143 e. The van der Waals surface area contributed by atoms with Gasteiger partial charge in [0.25, 0.3) is 0 Å². The highest BCUT2D eigenvalue weighted by atomic mass is 32.1. The Labute approximate surface area is 129 Å². The molecule has 0 N–H and O–H groups in total. The summed E-state index contributed by atoms with van der Waals surface area (Å²) in [5.74, 6) is 0. The summed E-state index contributed by atoms with van der Waals surface area (Å²) in [6.45, 7) is 2.32. The molecule has 0 aliphatic heterocycles. The Bertz CT molecular complexity index is 421. The third kappa shape index (κ3) is 2.66. The second-order valence-electron chi connectivity index (χ2n) is 7.28. The zero-order chi connectivity index (χ0) is 14.1. The van der Waals surface area contributed by atoms with Crippen LogP contribution in [0.15, 0.2) is 29.2 Å². The molecule has 20 heavy (non-hydrogen) atoms. The highest BCUT2D eigenvalue weighted by Crippen LogP contribution is 2.59. The van der Waals surface area contributed by atoms with Gasteiger partial charge in [0, 0.05) is 4.90 Å². The normalized spacial score (nSPS) is 32.5. The number of hydrogen-bond acceptors (Lipinski definition) is 1. The minimum absolute atomic E-state index is 0.508. The number of fused-ring (bicyclic) bond motifs is 3. The van der Waals surface area contributed by atoms with Gasteiger partial charge in [0.2, 0.25) is 0 Å². The van der Waals surface area contributed by atoms with Crippen molar-refractivity contribution in [2.45, 2.75) is 81.4 Å². The fraction of sp³-hybridized carbons (Fsp3) is 0.684. The van der Waals surface area contributed by atoms with Crippen molar-refractivity contribution in [1.82, 2.24) is 0 Å². The Kier molecular flexibility index (Phi) is 4.17. The number of benzene rings is 1. The number of unbranched alkanes of at least 4 members (excludes halogenated alkanes) is 2. The van der Waals surface area contributed by atoms with Crippen LogP contribution < -0.4 is 0 Å². The van der Waals surface area contributed by atoms with E-state index in [1.165, 1.54) is 64.2 Å². The third-order valence-corrected chi connectivity index (χ3v) is 6.49. The van der Waals surface area contributed by atoms with Gasteiger partial charge in [-0.05, 0) is 73.5 Å². The molecule has 4 rings (SSSR count). The SMILES string of the molecule is CCCCCC12CCC(c3ccc(S)cc3)(CC1)CC2. The highest BCUT2D eigenvalue weighted by Gasteiger charge is 2.48. The lowest BCUT2D eigenvalue weighted by Crippen LogP contribution is -2.44. The van der Waals surface area contributed by atoms with E-state index in [1.54, 1.807) is 5.56 Å². The van der Waals surface area contributed by atoms with E-state index in [2.05, 4.69) is 43.8 Å². The molecule has 0 amide bonds. The maximum Gasteiger partial charge on any atom is 0.00401 e. The topological polar surface area (TPSA) is 0 Å². The Morgan fingerprint density at radius 1 is 0.900 bits per heavy atom. The van der Waals surface area contributed by atoms with E-state index in [9.17, 15) is 0 Å². The number of rotatable bonds is 5. The van der Waals surface area contributed by atoms with Crippen molar-refractivity contribution in [2.24, 2.45) is 5.41 Å². The molecule has 0 atom stereocenters. The van der Waals surface area contributed by atoms with Crippen molar-refractivity contribution in [3.8, 4) is 0 Å². The fourth-order valence-electron chi connectivity index (χ4n) is 4.64. The maximum atomic E-state index is 4.42. The summed E-state index contributed by atoms with van der Waals surface area (Å²) >= 11 is 4.42. The monoisotopic (exact) mass is 288 g/mol. The molecule has 0 saturated heterocycles. The molecule has 0 spiro atoms. The van der Waals surface area contributed by atoms with Crippen molar-refractivity contribution in [3.05, 3.63) is 29.8 Å². The van der Waals surface area contributed by atoms with Gasteiger partial charge in [0.05, 0.1) is 0 Å². The van der Waals surface area contributed by atoms with Crippen molar-refractivity contribution < 1.29 is 0 Å². The molecular weight excluding hydrogens is 260 g/mol. The molecule has 110 valence electrons. The highest BCUT2D eigenvalue weighted by molar-refractivity contribution is 7.80. The smallest absolute Gasteiger partial charge is 0.00401 e. The van der Waals surface area contributed by atoms with E-state index in [0.717, 1.165) is 10.3 Å². The van der Waals surface area contributed by atoms with E-state index in [0.29, 0.717) is 5.41 Å². The van der Waals surface area contributed by atoms with Crippen LogP contribution in [0.1, 0.15) is 76.7 Å². The van der Waals surface area contributed by atoms with Gasteiger partial charge in [-0.3, -0.25) is 0 Å². The van der Waals surface area contributed by atoms with Crippen LogP contribution in [0.25, 0.3) is 0 Å². The van der Waals surface area contributed by atoms with Crippen LogP contribution in [0.3, 0.4) is 0 Å². The quantitative estimate of drug-likeness (QED) is 0.487. The second-order valence-corrected chi connectivity index (χ2v) is 7.80. The first kappa shape index (κ1) is 14.5. The lowest BCUT2D eigenvalue weighted by atomic mass is 9.51. The average Bonchev–Trinajstić information content (AvgIpc) is 2.50. The van der Waals surface area contributed by atoms with Crippen LogP contribution in [-0.2, 0) is 5.41 Å². The molecule has 1 aromatic rings. The lowest BCUT2D eigenvalue weighted by molar-refractivity contribution is 0.0305. The predicted molar refractivity (Wildman–Crippen MR) is 89.6 cm³/mol. The van der Waals surface area contributed by atoms with Crippen LogP contribution in [0, 0.1) is 5.41 Å². The summed E-state index contributed by atoms with van der Waals surface area (Å²) in [4.78, 5) is 1.09. The zero-order valence-corrected chi connectivity index (χ0v) is 13.7. The van der Waals surface area contributed by atoms with Crippen LogP contribution in [0.5, 0.6) is 0 Å². The molecule has 0 heterocycles. The van der Waals surface area contributed by atoms with Crippen LogP contribution in [0.4, 0.5) is 0 Å². The Hall–Kier alpha value is -0.430. The summed E-state index contributed by atoms with van der Waals surface area (Å²) in [5.41, 5.74) is 2.81. The molecular formula is C19H28S. The molecule has 0 nitrogen and oxygen atoms in total. The summed E-state index contributed by atoms with van der Waals surface area (Å²) in [6.07, 6.45) is 14.4. The first-order chi connectivity index (χ1) is 9.68. The van der Waals surface area contributed by atoms with Gasteiger partial charge in [-0.15, -0.1) is 12.6 Å². The molecule has 0 aromatic heterocycles. The van der Waals surface area contributed by atoms with E-state index in [1.807, 2.05) is 0 Å². The Balaban J connectivity index is 1.68. The molecule has 3 aliphatic carbocycles. The molecule has 3 fully saturated rings. The van der Waals surface area contributed by atoms with Gasteiger partial charge in [0.15, 0.2) is 0 Å². The molecule has 1 heteroatoms. The predicted octanol–water partition coefficient (Wildman–Crippen LogP) is 6.15. The minimum Gasteiger partial charge on any atom is -0.143 e. The van der Waals surface area contributed by atoms with Crippen LogP contribution in [-0.4, -0.2) is 0 Å². The molecule has 0 unspecified atom stereocenters. The van der Waals surface area contributed by atoms with Crippen molar-refractivity contribution in [3.63, 3.8) is 0 Å². The second kappa shape index (κ2) is 5.75. The molecule has 1 aromatic carbocycles. The first-order valence-electron chi connectivity index (χ1n) is 8.48. The fourth-order valence-corrected chi connectivity index (χ4v) is 4.79. The molecule has 2 bridgehead atoms. The zero-order valence-electron chi connectivity index (χ0n) is 12.8. The van der Waals surface area contributed by atoms with E-state index >= 15 is 0 Å². The van der Waals surface area contributed by atoms with Gasteiger partial charge < -0.3 is 0 Å². The first-order valence-corrected chi connectivity index (χ1v) is 8.92. The van der Waals surface area contributed by atoms with Crippen molar-refractivity contribution >= 4 is 12.6 Å². The van der Waals surface area contributed by atoms with Gasteiger partial charge in [0.1, 0.15) is 0 Å². The summed E-state index contributed by atoms with van der Waals surface area (Å²) in [7, 11) is 0. The van der Waals surface area contributed by atoms with E-state index in [4.69, 9.17) is 0 Å². The summed E-state index contributed by atoms with van der Waals surface area (Å²) in [6, 6.07) is 9.01. The number of hydrogen-bond donors (Lipinski definition) is 1. The van der Waals surface area contributed by atoms with Gasteiger partial charge in [-0.2, -0.15) is 0 Å². The van der Waals surface area contributed by atoms with Crippen molar-refractivity contribution in [2.75, 3.05) is 0 Å². The number of thiol groups is 1. The Morgan fingerprint density at radius 3 is 2.05 bits per heavy atom. The third-order valence-electron chi connectivity index (χ3n) is 6.19. The summed E-state index contributed by atoms with van der Waals surface area (Å²) < 4.78 is 0. The standard InChI is InChI=1S/C19H28S/c1-2-3-4-9-18-10-13-19(14-11-18,15-12-18)16-5-7-17(20)8-6-16/h5-8,20H,2-4,9-15H2,1H3. The van der Waals surface area contributed by atoms with Crippen molar-refractivity contribution in [1.29, 1.82) is 0 Å². The molecule has 3 saturated carbocycles. The van der Waals surface area contributed by atoms with Crippen LogP contribution >= 0.6 is 12.6 Å². The molecule has 0 radical (unpaired) electrons. The summed E-state index contributed by atoms with van der Waals surface area (Å²) in [5, 5.41) is 0. The lowest BCUT2D eigenvalue weighted by Gasteiger charge is -2.54. The minimum atomic E-state index is 0.508. The van der Waals surface area contributed by atoms with Gasteiger partial charge in [-0.25, -0.2) is 0 Å². The molecule has 3 aliphatic rings. The average molecular weight is 289 g/mol. The van der Waals surface area contributed by atoms with E-state index < -0.39 is 0 Å². The van der Waals surface area contributed by atoms with Crippen LogP contribution in [0.2, 0.25) is 0 Å². The van der Waals surface area contributed by atoms with Gasteiger partial charge in [-0.1, -0.05) is 38.3 Å². The Morgan fingerprint density at radius 2 is 1.50 bits per heavy atom. The van der Waals surface area contributed by atoms with E-state index in [-0.39, 0.29) is 0 Å².